The minimum atomic E-state index is -0.168. The van der Waals surface area contributed by atoms with Crippen molar-refractivity contribution in [2.75, 3.05) is 27.2 Å². The Hall–Kier alpha value is -3.85. The second-order valence-corrected chi connectivity index (χ2v) is 7.71. The molecule has 0 spiro atoms. The summed E-state index contributed by atoms with van der Waals surface area (Å²) >= 11 is 0. The molecule has 32 heavy (non-hydrogen) atoms. The highest BCUT2D eigenvalue weighted by atomic mass is 16.5. The zero-order valence-corrected chi connectivity index (χ0v) is 18.3. The van der Waals surface area contributed by atoms with E-state index < -0.39 is 0 Å². The molecular weight excluding hydrogens is 406 g/mol. The lowest BCUT2D eigenvalue weighted by atomic mass is 10.1. The van der Waals surface area contributed by atoms with Gasteiger partial charge in [-0.05, 0) is 31.8 Å². The van der Waals surface area contributed by atoms with Gasteiger partial charge in [0.25, 0.3) is 5.56 Å². The van der Waals surface area contributed by atoms with Gasteiger partial charge < -0.3 is 9.64 Å². The Morgan fingerprint density at radius 1 is 1.03 bits per heavy atom. The Morgan fingerprint density at radius 3 is 2.56 bits per heavy atom. The maximum atomic E-state index is 12.4. The predicted octanol–water partition coefficient (Wildman–Crippen LogP) is 2.09. The van der Waals surface area contributed by atoms with Crippen molar-refractivity contribution in [1.29, 1.82) is 0 Å². The van der Waals surface area contributed by atoms with Crippen molar-refractivity contribution in [2.45, 2.75) is 6.54 Å². The molecule has 0 N–H and O–H groups in total. The summed E-state index contributed by atoms with van der Waals surface area (Å²) in [5.74, 6) is 1.23. The number of benzene rings is 1. The first-order chi connectivity index (χ1) is 15.5. The second-order valence-electron chi connectivity index (χ2n) is 7.71. The van der Waals surface area contributed by atoms with Crippen LogP contribution in [0.3, 0.4) is 0 Å². The van der Waals surface area contributed by atoms with Gasteiger partial charge >= 0.3 is 0 Å². The normalized spacial score (nSPS) is 11.1. The van der Waals surface area contributed by atoms with E-state index in [0.717, 1.165) is 23.2 Å². The highest BCUT2D eigenvalue weighted by molar-refractivity contribution is 5.57. The largest absolute Gasteiger partial charge is 0.489 e. The van der Waals surface area contributed by atoms with Crippen molar-refractivity contribution in [2.24, 2.45) is 7.05 Å². The lowest BCUT2D eigenvalue weighted by Gasteiger charge is -2.11. The van der Waals surface area contributed by atoms with E-state index in [4.69, 9.17) is 4.74 Å². The van der Waals surface area contributed by atoms with Gasteiger partial charge in [-0.15, -0.1) is 0 Å². The van der Waals surface area contributed by atoms with Gasteiger partial charge in [-0.2, -0.15) is 10.2 Å². The van der Waals surface area contributed by atoms with Gasteiger partial charge in [0.2, 0.25) is 0 Å². The van der Waals surface area contributed by atoms with E-state index in [1.807, 2.05) is 56.5 Å². The smallest absolute Gasteiger partial charge is 0.267 e. The topological polar surface area (TPSA) is 91.0 Å². The number of rotatable bonds is 8. The Balaban J connectivity index is 1.51. The predicted molar refractivity (Wildman–Crippen MR) is 121 cm³/mol. The van der Waals surface area contributed by atoms with Gasteiger partial charge in [0.1, 0.15) is 6.61 Å². The third kappa shape index (κ3) is 5.25. The minimum Gasteiger partial charge on any atom is -0.489 e. The van der Waals surface area contributed by atoms with Gasteiger partial charge in [-0.25, -0.2) is 14.6 Å². The zero-order valence-electron chi connectivity index (χ0n) is 18.3. The Bertz CT molecular complexity index is 1250. The highest BCUT2D eigenvalue weighted by Crippen LogP contribution is 2.19. The average molecular weight is 432 g/mol. The molecule has 0 radical (unpaired) electrons. The van der Waals surface area contributed by atoms with Crippen molar-refractivity contribution < 1.29 is 4.74 Å². The van der Waals surface area contributed by atoms with Crippen molar-refractivity contribution in [3.05, 3.63) is 77.1 Å². The lowest BCUT2D eigenvalue weighted by Crippen LogP contribution is -2.22. The van der Waals surface area contributed by atoms with Crippen molar-refractivity contribution in [1.82, 2.24) is 34.4 Å². The molecule has 3 heterocycles. The van der Waals surface area contributed by atoms with E-state index in [1.165, 1.54) is 10.7 Å². The number of aromatic nitrogens is 6. The van der Waals surface area contributed by atoms with Crippen molar-refractivity contribution in [3.63, 3.8) is 0 Å². The van der Waals surface area contributed by atoms with E-state index in [2.05, 4.69) is 20.2 Å². The van der Waals surface area contributed by atoms with Crippen LogP contribution in [0.4, 0.5) is 0 Å². The second kappa shape index (κ2) is 9.52. The highest BCUT2D eigenvalue weighted by Gasteiger charge is 2.08. The van der Waals surface area contributed by atoms with Crippen LogP contribution in [-0.2, 0) is 13.6 Å². The van der Waals surface area contributed by atoms with Crippen molar-refractivity contribution >= 4 is 0 Å². The van der Waals surface area contributed by atoms with Crippen LogP contribution < -0.4 is 10.3 Å². The molecule has 0 unspecified atom stereocenters. The molecule has 164 valence electrons. The van der Waals surface area contributed by atoms with Crippen LogP contribution in [0.1, 0.15) is 5.56 Å². The maximum Gasteiger partial charge on any atom is 0.267 e. The van der Waals surface area contributed by atoms with E-state index in [0.29, 0.717) is 30.4 Å². The van der Waals surface area contributed by atoms with Gasteiger partial charge in [0.05, 0.1) is 30.8 Å². The molecule has 9 heteroatoms. The number of aryl methyl sites for hydroxylation is 1. The molecule has 4 aromatic rings. The van der Waals surface area contributed by atoms with E-state index in [1.54, 1.807) is 29.3 Å². The van der Waals surface area contributed by atoms with Crippen LogP contribution >= 0.6 is 0 Å². The molecule has 4 rings (SSSR count). The van der Waals surface area contributed by atoms with Crippen LogP contribution in [0, 0.1) is 0 Å². The summed E-state index contributed by atoms with van der Waals surface area (Å²) in [6, 6.07) is 11.0. The van der Waals surface area contributed by atoms with E-state index in [9.17, 15) is 4.79 Å². The molecule has 0 saturated carbocycles. The van der Waals surface area contributed by atoms with E-state index >= 15 is 0 Å². The summed E-state index contributed by atoms with van der Waals surface area (Å²) in [4.78, 5) is 23.3. The SMILES string of the molecule is CN(C)CCOc1cnc(-c2cccc(Cn3nc(-c4cnn(C)c4)ccc3=O)c2)nc1. The molecule has 9 nitrogen and oxygen atoms in total. The first-order valence-corrected chi connectivity index (χ1v) is 10.2. The summed E-state index contributed by atoms with van der Waals surface area (Å²) < 4.78 is 8.81. The quantitative estimate of drug-likeness (QED) is 0.422. The number of nitrogens with zero attached hydrogens (tertiary/aromatic N) is 7. The molecule has 0 fully saturated rings. The molecule has 1 aromatic carbocycles. The van der Waals surface area contributed by atoms with Crippen LogP contribution in [0.25, 0.3) is 22.6 Å². The molecule has 0 atom stereocenters. The fourth-order valence-electron chi connectivity index (χ4n) is 3.14. The van der Waals surface area contributed by atoms with E-state index in [-0.39, 0.29) is 5.56 Å². The monoisotopic (exact) mass is 431 g/mol. The standard InChI is InChI=1S/C23H25N7O2/c1-28(2)9-10-32-20-13-24-23(25-14-20)18-6-4-5-17(11-18)15-30-22(31)8-7-21(27-30)19-12-26-29(3)16-19/h4-8,11-14,16H,9-10,15H2,1-3H3. The van der Waals surface area contributed by atoms with Crippen LogP contribution in [0.5, 0.6) is 5.75 Å². The lowest BCUT2D eigenvalue weighted by molar-refractivity contribution is 0.260. The molecule has 0 amide bonds. The molecule has 0 saturated heterocycles. The van der Waals surface area contributed by atoms with Gasteiger partial charge in [-0.1, -0.05) is 18.2 Å². The van der Waals surface area contributed by atoms with Crippen molar-refractivity contribution in [3.8, 4) is 28.4 Å². The maximum absolute atomic E-state index is 12.4. The van der Waals surface area contributed by atoms with Gasteiger partial charge in [-0.3, -0.25) is 9.48 Å². The molecule has 0 aliphatic carbocycles. The Kier molecular flexibility index (Phi) is 6.37. The van der Waals surface area contributed by atoms with Crippen LogP contribution in [0.2, 0.25) is 0 Å². The molecular formula is C23H25N7O2. The Labute approximate surface area is 185 Å². The summed E-state index contributed by atoms with van der Waals surface area (Å²) in [7, 11) is 5.83. The number of hydrogen-bond acceptors (Lipinski definition) is 7. The van der Waals surface area contributed by atoms with Gasteiger partial charge in [0, 0.05) is 37.0 Å². The van der Waals surface area contributed by atoms with Crippen LogP contribution in [0.15, 0.2) is 66.0 Å². The summed E-state index contributed by atoms with van der Waals surface area (Å²) in [6.07, 6.45) is 6.94. The molecule has 3 aromatic heterocycles. The Morgan fingerprint density at radius 2 is 1.84 bits per heavy atom. The first-order valence-electron chi connectivity index (χ1n) is 10.2. The number of ether oxygens (including phenoxy) is 1. The summed E-state index contributed by atoms with van der Waals surface area (Å²) in [6.45, 7) is 1.73. The molecule has 0 aliphatic rings. The third-order valence-electron chi connectivity index (χ3n) is 4.82. The average Bonchev–Trinajstić information content (AvgIpc) is 3.22. The van der Waals surface area contributed by atoms with Gasteiger partial charge in [0.15, 0.2) is 11.6 Å². The third-order valence-corrected chi connectivity index (χ3v) is 4.82. The molecule has 0 bridgehead atoms. The van der Waals surface area contributed by atoms with Crippen LogP contribution in [-0.4, -0.2) is 61.7 Å². The summed E-state index contributed by atoms with van der Waals surface area (Å²) in [5, 5.41) is 8.67. The number of hydrogen-bond donors (Lipinski definition) is 0. The number of likely N-dealkylation sites (N-methyl/N-ethyl adjacent to an activating group) is 1. The fraction of sp³-hybridized carbons (Fsp3) is 0.261. The zero-order chi connectivity index (χ0) is 22.5. The molecule has 0 aliphatic heterocycles. The minimum absolute atomic E-state index is 0.168. The first kappa shape index (κ1) is 21.4. The fourth-order valence-corrected chi connectivity index (χ4v) is 3.14. The summed E-state index contributed by atoms with van der Waals surface area (Å²) in [5.41, 5.74) is 3.17.